The normalized spacial score (nSPS) is 13.4. The summed E-state index contributed by atoms with van der Waals surface area (Å²) < 4.78 is 108. The summed E-state index contributed by atoms with van der Waals surface area (Å²) >= 11 is 49.9. The number of nitrogens with zero attached hydrogens (tertiary/aromatic N) is 18. The van der Waals surface area contributed by atoms with Crippen molar-refractivity contribution in [2.24, 2.45) is 0 Å². The van der Waals surface area contributed by atoms with Crippen LogP contribution in [0.2, 0.25) is 40.2 Å². The van der Waals surface area contributed by atoms with E-state index in [0.29, 0.717) is 87.8 Å². The second kappa shape index (κ2) is 39.8. The summed E-state index contributed by atoms with van der Waals surface area (Å²) in [5, 5.41) is 27.3. The van der Waals surface area contributed by atoms with Crippen molar-refractivity contribution in [3.63, 3.8) is 0 Å². The van der Waals surface area contributed by atoms with Crippen LogP contribution < -0.4 is 48.6 Å². The maximum absolute atomic E-state index is 15.4. The first-order chi connectivity index (χ1) is 64.0. The topological polar surface area (TPSA) is 363 Å². The van der Waals surface area contributed by atoms with Crippen LogP contribution in [0.4, 0.5) is 64.9 Å². The van der Waals surface area contributed by atoms with Crippen LogP contribution in [0.25, 0.3) is 83.9 Å². The van der Waals surface area contributed by atoms with Gasteiger partial charge in [0.05, 0.1) is 116 Å². The highest BCUT2D eigenvalue weighted by molar-refractivity contribution is 6.41. The minimum Gasteiger partial charge on any atom is -0.396 e. The molecule has 0 aliphatic carbocycles. The number of anilines is 6. The number of halogens is 15. The summed E-state index contributed by atoms with van der Waals surface area (Å²) in [4.78, 5) is 117. The van der Waals surface area contributed by atoms with Crippen LogP contribution in [0, 0.1) is 95.5 Å². The van der Waals surface area contributed by atoms with Gasteiger partial charge < -0.3 is 46.6 Å². The second-order valence-electron chi connectivity index (χ2n) is 32.2. The Bertz CT molecular complexity index is 6650. The molecule has 0 unspecified atom stereocenters. The van der Waals surface area contributed by atoms with Crippen molar-refractivity contribution in [1.82, 2.24) is 58.3 Å². The quantitative estimate of drug-likeness (QED) is 0.0282. The Morgan fingerprint density at radius 3 is 0.867 bits per heavy atom. The number of rotatable bonds is 15. The largest absolute Gasteiger partial charge is 0.396 e. The average molecular weight is 2000 g/mol. The number of fused-ring (bicyclic) bond motifs is 3. The van der Waals surface area contributed by atoms with E-state index in [9.17, 15) is 70.9 Å². The van der Waals surface area contributed by atoms with Gasteiger partial charge in [-0.3, -0.25) is 57.4 Å². The molecule has 3 aromatic carbocycles. The number of aryl methyl sites for hydroxylation is 3. The predicted octanol–water partition coefficient (Wildman–Crippen LogP) is 18.7. The molecule has 9 aromatic heterocycles. The zero-order valence-corrected chi connectivity index (χ0v) is 79.2. The number of carbonyl (C=O) groups excluding carboxylic acids is 3. The first-order valence-electron chi connectivity index (χ1n) is 41.3. The molecule has 0 atom stereocenters. The molecular weight excluding hydrogens is 1920 g/mol. The van der Waals surface area contributed by atoms with Crippen LogP contribution in [0.15, 0.2) is 107 Å². The molecule has 0 saturated carbocycles. The average Bonchev–Trinajstić information content (AvgIpc) is 0.728. The molecular formula is C93H78Cl8F7N21O6. The highest BCUT2D eigenvalue weighted by atomic mass is 35.5. The fourth-order valence-electron chi connectivity index (χ4n) is 16.6. The van der Waals surface area contributed by atoms with Crippen LogP contribution in [0.5, 0.6) is 0 Å². The van der Waals surface area contributed by atoms with Crippen LogP contribution in [-0.2, 0) is 14.4 Å². The SMILES string of the molecule is C=CC(=O)N1CCN(c2c(C#N)c(=O)n(-c3c(C)ccnc3C(C)C)c3nc(-c4c(N)c(F)c(Cl)c(F)c4Cl)c(Cl)cc23)CC1.C=CC(=O)N1CCN(c2c(C#N)c(=O)n(-c3c(C)ccnc3C(C)C)c3nc(-c4c(N)c(F)c(Cl)c(F)c4Cl)c(Cl)cc23)CC1.C=CC(=O)N1CCN(c2c(C#N)c(=O)n(-c3c(C)ccnc3C(C)C)c3nc(-c4c(N)c(F)c(Cl)c(F)c4F)c(Cl)cc23)CC1. The third kappa shape index (κ3) is 17.7. The zero-order valence-electron chi connectivity index (χ0n) is 73.2. The summed E-state index contributed by atoms with van der Waals surface area (Å²) in [5.41, 5.74) is 16.1. The lowest BCUT2D eigenvalue weighted by atomic mass is 10.0. The van der Waals surface area contributed by atoms with Crippen LogP contribution in [-0.4, -0.2) is 155 Å². The molecule has 12 aromatic rings. The smallest absolute Gasteiger partial charge is 0.276 e. The van der Waals surface area contributed by atoms with Crippen LogP contribution >= 0.6 is 92.8 Å². The number of aromatic nitrogens is 9. The number of carbonyl (C=O) groups is 3. The standard InChI is InChI=1S/2C31H26Cl3F2N7O2.C31H26Cl2F3N7O2/c2*1-5-19(44)41-8-10-42(11-9-41)29-16-12-18(32)27(20-21(33)23(35)22(34)24(36)25(20)38)40-30(16)43(31(45)17(29)13-37)28-15(4)6-7-39-26(28)14(2)3;1-5-19(44)41-8-10-42(11-9-41)29-16-12-18(32)27(20-22(34)23(35)21(33)24(36)25(20)38)40-30(16)43(31(45)17(29)13-37)28-15(4)6-7-39-26(28)14(2)3/h3*5-7,12,14H,1,8-11,38H2,2-4H3. The number of benzene rings is 3. The Labute approximate surface area is 806 Å². The van der Waals surface area contributed by atoms with Crippen molar-refractivity contribution in [2.75, 3.05) is 110 Å². The molecule has 15 rings (SSSR count). The first kappa shape index (κ1) is 99.4. The van der Waals surface area contributed by atoms with Crippen molar-refractivity contribution in [3.8, 4) is 69.0 Å². The lowest BCUT2D eigenvalue weighted by Gasteiger charge is -2.36. The molecule has 0 radical (unpaired) electrons. The van der Waals surface area contributed by atoms with E-state index >= 15 is 4.39 Å². The summed E-state index contributed by atoms with van der Waals surface area (Å²) in [7, 11) is 0. The first-order valence-corrected chi connectivity index (χ1v) is 44.3. The van der Waals surface area contributed by atoms with Gasteiger partial charge in [0.25, 0.3) is 16.7 Å². The van der Waals surface area contributed by atoms with Crippen molar-refractivity contribution in [3.05, 3.63) is 255 Å². The molecule has 3 aliphatic rings. The van der Waals surface area contributed by atoms with E-state index in [1.54, 1.807) is 87.0 Å². The van der Waals surface area contributed by atoms with E-state index < -0.39 is 111 Å². The van der Waals surface area contributed by atoms with E-state index in [4.69, 9.17) is 120 Å². The molecule has 0 bridgehead atoms. The summed E-state index contributed by atoms with van der Waals surface area (Å²) in [5.74, 6) is -10.9. The minimum absolute atomic E-state index is 0.0160. The van der Waals surface area contributed by atoms with Crippen molar-refractivity contribution in [1.29, 1.82) is 15.8 Å². The maximum Gasteiger partial charge on any atom is 0.276 e. The third-order valence-electron chi connectivity index (χ3n) is 23.2. The number of nitrogens with two attached hydrogens (primary N) is 3. The number of amides is 3. The molecule has 135 heavy (non-hydrogen) atoms. The number of piperazine rings is 3. The van der Waals surface area contributed by atoms with E-state index in [2.05, 4.69) is 51.8 Å². The fourth-order valence-corrected chi connectivity index (χ4v) is 18.6. The van der Waals surface area contributed by atoms with E-state index in [-0.39, 0.29) is 181 Å². The van der Waals surface area contributed by atoms with Crippen molar-refractivity contribution in [2.45, 2.75) is 80.1 Å². The molecule has 3 amide bonds. The molecule has 42 heteroatoms. The number of hydrogen-bond donors (Lipinski definition) is 3. The van der Waals surface area contributed by atoms with Gasteiger partial charge in [0.15, 0.2) is 40.7 Å². The molecule has 3 fully saturated rings. The summed E-state index contributed by atoms with van der Waals surface area (Å²) in [6.07, 6.45) is 8.45. The Balaban J connectivity index is 0.000000171. The van der Waals surface area contributed by atoms with Crippen LogP contribution in [0.3, 0.4) is 0 Å². The van der Waals surface area contributed by atoms with Gasteiger partial charge in [-0.25, -0.2) is 45.7 Å². The summed E-state index contributed by atoms with van der Waals surface area (Å²) in [6.45, 7) is 30.6. The number of nitrogen functional groups attached to an aromatic ring is 3. The lowest BCUT2D eigenvalue weighted by Crippen LogP contribution is -2.49. The van der Waals surface area contributed by atoms with Crippen molar-refractivity contribution >= 4 is 178 Å². The van der Waals surface area contributed by atoms with Gasteiger partial charge in [-0.05, 0) is 110 Å². The zero-order chi connectivity index (χ0) is 98.7. The third-order valence-corrected chi connectivity index (χ3v) is 25.8. The van der Waals surface area contributed by atoms with Crippen molar-refractivity contribution < 1.29 is 45.1 Å². The van der Waals surface area contributed by atoms with Crippen LogP contribution in [0.1, 0.15) is 110 Å². The Hall–Kier alpha value is -13.1. The molecule has 27 nitrogen and oxygen atoms in total. The highest BCUT2D eigenvalue weighted by Gasteiger charge is 2.38. The van der Waals surface area contributed by atoms with Gasteiger partial charge in [0.2, 0.25) is 17.7 Å². The highest BCUT2D eigenvalue weighted by Crippen LogP contribution is 2.50. The van der Waals surface area contributed by atoms with Gasteiger partial charge in [-0.1, -0.05) is 154 Å². The predicted molar refractivity (Wildman–Crippen MR) is 512 cm³/mol. The number of hydrogen-bond acceptors (Lipinski definition) is 21. The second-order valence-corrected chi connectivity index (χ2v) is 35.3. The molecule has 12 heterocycles. The monoisotopic (exact) mass is 2000 g/mol. The Kier molecular flexibility index (Phi) is 29.3. The van der Waals surface area contributed by atoms with Gasteiger partial charge in [0, 0.05) is 124 Å². The molecule has 3 aliphatic heterocycles. The molecule has 6 N–H and O–H groups in total. The number of pyridine rings is 9. The maximum atomic E-state index is 15.4. The Morgan fingerprint density at radius 1 is 0.378 bits per heavy atom. The van der Waals surface area contributed by atoms with Gasteiger partial charge in [0.1, 0.15) is 66.9 Å². The van der Waals surface area contributed by atoms with E-state index in [1.807, 2.05) is 47.6 Å². The fraction of sp³-hybridized carbons (Fsp3) is 0.258. The lowest BCUT2D eigenvalue weighted by molar-refractivity contribution is -0.127. The molecule has 696 valence electrons. The molecule has 0 spiro atoms. The van der Waals surface area contributed by atoms with Gasteiger partial charge in [-0.2, -0.15) is 15.8 Å². The summed E-state index contributed by atoms with van der Waals surface area (Å²) in [6, 6.07) is 15.5. The van der Waals surface area contributed by atoms with E-state index in [0.717, 1.165) is 0 Å². The molecule has 3 saturated heterocycles. The minimum atomic E-state index is -1.69. The number of nitriles is 3. The van der Waals surface area contributed by atoms with Gasteiger partial charge >= 0.3 is 0 Å². The van der Waals surface area contributed by atoms with E-state index in [1.165, 1.54) is 50.1 Å². The van der Waals surface area contributed by atoms with Gasteiger partial charge in [-0.15, -0.1) is 0 Å². The Morgan fingerprint density at radius 2 is 0.622 bits per heavy atom.